The monoisotopic (exact) mass is 326 g/mol. The number of urea groups is 1. The van der Waals surface area contributed by atoms with Crippen LogP contribution in [0, 0.1) is 11.6 Å². The van der Waals surface area contributed by atoms with Crippen LogP contribution in [0.3, 0.4) is 0 Å². The van der Waals surface area contributed by atoms with Gasteiger partial charge in [-0.05, 0) is 31.7 Å². The molecule has 128 valence electrons. The quantitative estimate of drug-likeness (QED) is 0.860. The molecule has 2 N–H and O–H groups in total. The Balaban J connectivity index is 1.71. The molecule has 1 aliphatic heterocycles. The van der Waals surface area contributed by atoms with Crippen LogP contribution >= 0.6 is 0 Å². The molecular weight excluding hydrogens is 302 g/mol. The second kappa shape index (κ2) is 8.21. The van der Waals surface area contributed by atoms with Gasteiger partial charge in [0, 0.05) is 51.4 Å². The van der Waals surface area contributed by atoms with Gasteiger partial charge in [-0.15, -0.1) is 0 Å². The Kier molecular flexibility index (Phi) is 6.29. The second-order valence-corrected chi connectivity index (χ2v) is 6.11. The summed E-state index contributed by atoms with van der Waals surface area (Å²) in [6, 6.07) is 2.88. The summed E-state index contributed by atoms with van der Waals surface area (Å²) in [5.41, 5.74) is 0.393. The van der Waals surface area contributed by atoms with Crippen molar-refractivity contribution in [3.63, 3.8) is 0 Å². The molecule has 1 saturated heterocycles. The zero-order chi connectivity index (χ0) is 16.8. The molecule has 7 heteroatoms. The predicted molar refractivity (Wildman–Crippen MR) is 85.1 cm³/mol. The largest absolute Gasteiger partial charge is 0.334 e. The van der Waals surface area contributed by atoms with E-state index in [-0.39, 0.29) is 18.6 Å². The molecule has 2 amide bonds. The first-order valence-electron chi connectivity index (χ1n) is 7.82. The molecule has 2 rings (SSSR count). The topological polar surface area (TPSA) is 47.6 Å². The number of carbonyl (C=O) groups excluding carboxylic acids is 1. The summed E-state index contributed by atoms with van der Waals surface area (Å²) in [4.78, 5) is 16.4. The standard InChI is InChI=1S/C16H24F2N4O/c1-12(11-22-5-3-21(2)4-6-22)20-16(23)19-10-13-7-14(17)9-15(18)8-13/h7-9,12H,3-6,10-11H2,1-2H3,(H2,19,20,23)/t12-/m0/s1. The van der Waals surface area contributed by atoms with Crippen LogP contribution in [0.5, 0.6) is 0 Å². The fourth-order valence-electron chi connectivity index (χ4n) is 2.63. The van der Waals surface area contributed by atoms with E-state index >= 15 is 0 Å². The fourth-order valence-corrected chi connectivity index (χ4v) is 2.63. The van der Waals surface area contributed by atoms with Crippen LogP contribution in [0.2, 0.25) is 0 Å². The second-order valence-electron chi connectivity index (χ2n) is 6.11. The maximum Gasteiger partial charge on any atom is 0.315 e. The number of piperazine rings is 1. The van der Waals surface area contributed by atoms with E-state index in [4.69, 9.17) is 0 Å². The Bertz CT molecular complexity index is 513. The van der Waals surface area contributed by atoms with Crippen LogP contribution in [0.4, 0.5) is 13.6 Å². The lowest BCUT2D eigenvalue weighted by atomic mass is 10.2. The first-order chi connectivity index (χ1) is 10.9. The Hall–Kier alpha value is -1.73. The van der Waals surface area contributed by atoms with Crippen LogP contribution in [-0.4, -0.2) is 61.6 Å². The highest BCUT2D eigenvalue weighted by atomic mass is 19.1. The van der Waals surface area contributed by atoms with Gasteiger partial charge in [0.15, 0.2) is 0 Å². The molecule has 23 heavy (non-hydrogen) atoms. The Morgan fingerprint density at radius 3 is 2.39 bits per heavy atom. The van der Waals surface area contributed by atoms with Crippen LogP contribution in [-0.2, 0) is 6.54 Å². The van der Waals surface area contributed by atoms with Crippen molar-refractivity contribution < 1.29 is 13.6 Å². The highest BCUT2D eigenvalue weighted by Crippen LogP contribution is 2.07. The molecule has 1 aliphatic rings. The summed E-state index contributed by atoms with van der Waals surface area (Å²) in [6.45, 7) is 6.87. The number of carbonyl (C=O) groups is 1. The van der Waals surface area contributed by atoms with Gasteiger partial charge in [0.1, 0.15) is 11.6 Å². The average molecular weight is 326 g/mol. The normalized spacial score (nSPS) is 17.7. The summed E-state index contributed by atoms with van der Waals surface area (Å²) in [5.74, 6) is -1.30. The number of likely N-dealkylation sites (N-methyl/N-ethyl adjacent to an activating group) is 1. The molecule has 0 spiro atoms. The molecule has 0 saturated carbocycles. The lowest BCUT2D eigenvalue weighted by molar-refractivity contribution is 0.144. The number of nitrogens with one attached hydrogen (secondary N) is 2. The molecule has 0 aromatic heterocycles. The third-order valence-corrected chi connectivity index (χ3v) is 3.88. The van der Waals surface area contributed by atoms with E-state index < -0.39 is 11.6 Å². The number of benzene rings is 1. The first-order valence-corrected chi connectivity index (χ1v) is 7.82. The molecule has 0 bridgehead atoms. The predicted octanol–water partition coefficient (Wildman–Crippen LogP) is 1.40. The number of amides is 2. The van der Waals surface area contributed by atoms with Gasteiger partial charge in [0.2, 0.25) is 0 Å². The van der Waals surface area contributed by atoms with E-state index in [1.165, 1.54) is 12.1 Å². The van der Waals surface area contributed by atoms with Crippen LogP contribution in [0.1, 0.15) is 12.5 Å². The van der Waals surface area contributed by atoms with Crippen molar-refractivity contribution in [3.8, 4) is 0 Å². The van der Waals surface area contributed by atoms with Crippen molar-refractivity contribution in [2.24, 2.45) is 0 Å². The number of hydrogen-bond acceptors (Lipinski definition) is 3. The molecule has 0 aliphatic carbocycles. The number of rotatable bonds is 5. The van der Waals surface area contributed by atoms with Crippen molar-refractivity contribution in [2.45, 2.75) is 19.5 Å². The van der Waals surface area contributed by atoms with Gasteiger partial charge in [0.25, 0.3) is 0 Å². The average Bonchev–Trinajstić information content (AvgIpc) is 2.46. The van der Waals surface area contributed by atoms with E-state index in [0.717, 1.165) is 38.8 Å². The van der Waals surface area contributed by atoms with Crippen molar-refractivity contribution >= 4 is 6.03 Å². The van der Waals surface area contributed by atoms with Crippen molar-refractivity contribution in [3.05, 3.63) is 35.4 Å². The maximum atomic E-state index is 13.1. The van der Waals surface area contributed by atoms with Gasteiger partial charge in [0.05, 0.1) is 0 Å². The van der Waals surface area contributed by atoms with Crippen LogP contribution < -0.4 is 10.6 Å². The summed E-state index contributed by atoms with van der Waals surface area (Å²) in [7, 11) is 2.10. The molecule has 0 radical (unpaired) electrons. The minimum atomic E-state index is -0.648. The van der Waals surface area contributed by atoms with Crippen LogP contribution in [0.15, 0.2) is 18.2 Å². The Morgan fingerprint density at radius 1 is 1.17 bits per heavy atom. The summed E-state index contributed by atoms with van der Waals surface area (Å²) >= 11 is 0. The minimum absolute atomic E-state index is 0.00246. The molecule has 1 fully saturated rings. The molecular formula is C16H24F2N4O. The van der Waals surface area contributed by atoms with E-state index in [2.05, 4.69) is 27.5 Å². The summed E-state index contributed by atoms with van der Waals surface area (Å²) < 4.78 is 26.1. The van der Waals surface area contributed by atoms with Crippen molar-refractivity contribution in [2.75, 3.05) is 39.8 Å². The maximum absolute atomic E-state index is 13.1. The zero-order valence-corrected chi connectivity index (χ0v) is 13.6. The molecule has 1 aromatic rings. The van der Waals surface area contributed by atoms with Gasteiger partial charge < -0.3 is 15.5 Å². The van der Waals surface area contributed by atoms with Gasteiger partial charge in [-0.2, -0.15) is 0 Å². The fraction of sp³-hybridized carbons (Fsp3) is 0.562. The van der Waals surface area contributed by atoms with Crippen LogP contribution in [0.25, 0.3) is 0 Å². The molecule has 5 nitrogen and oxygen atoms in total. The summed E-state index contributed by atoms with van der Waals surface area (Å²) in [6.07, 6.45) is 0. The summed E-state index contributed by atoms with van der Waals surface area (Å²) in [5, 5.41) is 5.46. The third kappa shape index (κ3) is 6.11. The smallest absolute Gasteiger partial charge is 0.315 e. The van der Waals surface area contributed by atoms with Gasteiger partial charge in [-0.25, -0.2) is 13.6 Å². The highest BCUT2D eigenvalue weighted by Gasteiger charge is 2.17. The van der Waals surface area contributed by atoms with E-state index in [9.17, 15) is 13.6 Å². The zero-order valence-electron chi connectivity index (χ0n) is 13.6. The number of halogens is 2. The van der Waals surface area contributed by atoms with Gasteiger partial charge in [-0.1, -0.05) is 0 Å². The molecule has 1 heterocycles. The van der Waals surface area contributed by atoms with E-state index in [1.54, 1.807) is 0 Å². The lowest BCUT2D eigenvalue weighted by Gasteiger charge is -2.34. The first kappa shape index (κ1) is 17.6. The molecule has 0 unspecified atom stereocenters. The lowest BCUT2D eigenvalue weighted by Crippen LogP contribution is -2.51. The molecule has 1 atom stereocenters. The SMILES string of the molecule is C[C@@H](CN1CCN(C)CC1)NC(=O)NCc1cc(F)cc(F)c1. The number of nitrogens with zero attached hydrogens (tertiary/aromatic N) is 2. The van der Waals surface area contributed by atoms with Gasteiger partial charge >= 0.3 is 6.03 Å². The Morgan fingerprint density at radius 2 is 1.78 bits per heavy atom. The molecule has 1 aromatic carbocycles. The minimum Gasteiger partial charge on any atom is -0.334 e. The van der Waals surface area contributed by atoms with E-state index in [1.807, 2.05) is 6.92 Å². The van der Waals surface area contributed by atoms with Crippen molar-refractivity contribution in [1.82, 2.24) is 20.4 Å². The van der Waals surface area contributed by atoms with E-state index in [0.29, 0.717) is 5.56 Å². The third-order valence-electron chi connectivity index (χ3n) is 3.88. The number of hydrogen-bond donors (Lipinski definition) is 2. The highest BCUT2D eigenvalue weighted by molar-refractivity contribution is 5.74. The Labute approximate surface area is 135 Å². The van der Waals surface area contributed by atoms with Crippen molar-refractivity contribution in [1.29, 1.82) is 0 Å². The van der Waals surface area contributed by atoms with Gasteiger partial charge in [-0.3, -0.25) is 4.90 Å².